The summed E-state index contributed by atoms with van der Waals surface area (Å²) in [6.45, 7) is 8.38. The zero-order valence-electron chi connectivity index (χ0n) is 16.1. The number of hydrogen-bond donors (Lipinski definition) is 2. The standard InChI is InChI=1S/C20H25N3O4/c1-11(20(2,3)4)21-17(25)12-5-6-14-13(9-12)10-23(19(14)27)15-7-8-16(24)22-18(15)26/h5-6,9,11,15H,7-8,10H2,1-4H3,(H,21,25)(H,22,24,26). The van der Waals surface area contributed by atoms with Crippen molar-refractivity contribution in [2.75, 3.05) is 0 Å². The van der Waals surface area contributed by atoms with Crippen molar-refractivity contribution < 1.29 is 19.2 Å². The summed E-state index contributed by atoms with van der Waals surface area (Å²) in [5.74, 6) is -1.18. The van der Waals surface area contributed by atoms with Crippen molar-refractivity contribution in [3.63, 3.8) is 0 Å². The number of hydrogen-bond acceptors (Lipinski definition) is 4. The van der Waals surface area contributed by atoms with Crippen molar-refractivity contribution in [1.82, 2.24) is 15.5 Å². The summed E-state index contributed by atoms with van der Waals surface area (Å²) in [5, 5.41) is 5.27. The van der Waals surface area contributed by atoms with Crippen LogP contribution in [0, 0.1) is 5.41 Å². The van der Waals surface area contributed by atoms with E-state index < -0.39 is 11.9 Å². The molecular formula is C20H25N3O4. The molecule has 0 aromatic heterocycles. The SMILES string of the molecule is CC(NC(=O)c1ccc2c(c1)CN(C1CCC(=O)NC1=O)C2=O)C(C)(C)C. The van der Waals surface area contributed by atoms with Crippen LogP contribution >= 0.6 is 0 Å². The Morgan fingerprint density at radius 2 is 1.96 bits per heavy atom. The van der Waals surface area contributed by atoms with Crippen molar-refractivity contribution in [2.45, 2.75) is 59.2 Å². The monoisotopic (exact) mass is 371 g/mol. The van der Waals surface area contributed by atoms with Gasteiger partial charge in [-0.3, -0.25) is 24.5 Å². The Bertz CT molecular complexity index is 825. The Hall–Kier alpha value is -2.70. The van der Waals surface area contributed by atoms with E-state index in [4.69, 9.17) is 0 Å². The van der Waals surface area contributed by atoms with Gasteiger partial charge in [-0.1, -0.05) is 20.8 Å². The summed E-state index contributed by atoms with van der Waals surface area (Å²) >= 11 is 0. The van der Waals surface area contributed by atoms with Crippen molar-refractivity contribution in [3.8, 4) is 0 Å². The third kappa shape index (κ3) is 3.72. The maximum atomic E-state index is 12.7. The van der Waals surface area contributed by atoms with Crippen LogP contribution in [0.2, 0.25) is 0 Å². The van der Waals surface area contributed by atoms with E-state index in [0.717, 1.165) is 5.56 Å². The molecule has 1 aromatic carbocycles. The largest absolute Gasteiger partial charge is 0.349 e. The number of nitrogens with zero attached hydrogens (tertiary/aromatic N) is 1. The number of nitrogens with one attached hydrogen (secondary N) is 2. The third-order valence-electron chi connectivity index (χ3n) is 5.43. The van der Waals surface area contributed by atoms with Gasteiger partial charge in [-0.15, -0.1) is 0 Å². The zero-order valence-corrected chi connectivity index (χ0v) is 16.1. The highest BCUT2D eigenvalue weighted by Crippen LogP contribution is 2.28. The Labute approximate surface area is 158 Å². The molecule has 0 aliphatic carbocycles. The molecule has 2 N–H and O–H groups in total. The Morgan fingerprint density at radius 1 is 1.26 bits per heavy atom. The zero-order chi connectivity index (χ0) is 19.9. The first-order valence-electron chi connectivity index (χ1n) is 9.16. The van der Waals surface area contributed by atoms with Gasteiger partial charge in [0, 0.05) is 30.1 Å². The second kappa shape index (κ2) is 6.79. The number of amides is 4. The molecule has 1 saturated heterocycles. The van der Waals surface area contributed by atoms with Gasteiger partial charge in [0.1, 0.15) is 6.04 Å². The van der Waals surface area contributed by atoms with Gasteiger partial charge in [-0.05, 0) is 42.5 Å². The van der Waals surface area contributed by atoms with E-state index in [1.54, 1.807) is 18.2 Å². The van der Waals surface area contributed by atoms with Crippen LogP contribution < -0.4 is 10.6 Å². The molecule has 144 valence electrons. The molecule has 0 bridgehead atoms. The van der Waals surface area contributed by atoms with Gasteiger partial charge in [0.2, 0.25) is 11.8 Å². The highest BCUT2D eigenvalue weighted by atomic mass is 16.2. The quantitative estimate of drug-likeness (QED) is 0.789. The Balaban J connectivity index is 1.77. The highest BCUT2D eigenvalue weighted by Gasteiger charge is 2.39. The molecule has 0 saturated carbocycles. The van der Waals surface area contributed by atoms with Crippen molar-refractivity contribution in [2.24, 2.45) is 5.41 Å². The van der Waals surface area contributed by atoms with Crippen LogP contribution in [-0.4, -0.2) is 40.6 Å². The molecule has 0 radical (unpaired) electrons. The Kier molecular flexibility index (Phi) is 4.80. The molecule has 3 rings (SSSR count). The number of fused-ring (bicyclic) bond motifs is 1. The smallest absolute Gasteiger partial charge is 0.255 e. The van der Waals surface area contributed by atoms with Gasteiger partial charge < -0.3 is 10.2 Å². The first-order chi connectivity index (χ1) is 12.6. The lowest BCUT2D eigenvalue weighted by Crippen LogP contribution is -2.52. The minimum atomic E-state index is -0.652. The topological polar surface area (TPSA) is 95.6 Å². The molecule has 2 atom stereocenters. The molecule has 4 amide bonds. The molecule has 2 aliphatic heterocycles. The van der Waals surface area contributed by atoms with Gasteiger partial charge in [0.25, 0.3) is 11.8 Å². The normalized spacial score (nSPS) is 21.0. The van der Waals surface area contributed by atoms with E-state index in [-0.39, 0.29) is 42.1 Å². The fourth-order valence-electron chi connectivity index (χ4n) is 3.21. The van der Waals surface area contributed by atoms with Crippen LogP contribution in [0.5, 0.6) is 0 Å². The molecule has 2 unspecified atom stereocenters. The van der Waals surface area contributed by atoms with Gasteiger partial charge in [0.05, 0.1) is 0 Å². The van der Waals surface area contributed by atoms with Gasteiger partial charge in [-0.25, -0.2) is 0 Å². The second-order valence-electron chi connectivity index (χ2n) is 8.33. The van der Waals surface area contributed by atoms with Crippen LogP contribution in [0.25, 0.3) is 0 Å². The second-order valence-corrected chi connectivity index (χ2v) is 8.33. The molecule has 7 heteroatoms. The molecule has 2 aliphatic rings. The number of carbonyl (C=O) groups excluding carboxylic acids is 4. The van der Waals surface area contributed by atoms with Gasteiger partial charge in [0.15, 0.2) is 0 Å². The first-order valence-corrected chi connectivity index (χ1v) is 9.16. The fraction of sp³-hybridized carbons (Fsp3) is 0.500. The average Bonchev–Trinajstić information content (AvgIpc) is 2.90. The van der Waals surface area contributed by atoms with Crippen LogP contribution in [0.1, 0.15) is 66.8 Å². The van der Waals surface area contributed by atoms with E-state index >= 15 is 0 Å². The van der Waals surface area contributed by atoms with Crippen LogP contribution in [0.15, 0.2) is 18.2 Å². The van der Waals surface area contributed by atoms with Gasteiger partial charge in [-0.2, -0.15) is 0 Å². The lowest BCUT2D eigenvalue weighted by molar-refractivity contribution is -0.136. The lowest BCUT2D eigenvalue weighted by Gasteiger charge is -2.29. The summed E-state index contributed by atoms with van der Waals surface area (Å²) < 4.78 is 0. The summed E-state index contributed by atoms with van der Waals surface area (Å²) in [6, 6.07) is 4.32. The van der Waals surface area contributed by atoms with Crippen LogP contribution in [0.4, 0.5) is 0 Å². The predicted molar refractivity (Wildman–Crippen MR) is 98.9 cm³/mol. The Morgan fingerprint density at radius 3 is 2.59 bits per heavy atom. The third-order valence-corrected chi connectivity index (χ3v) is 5.43. The van der Waals surface area contributed by atoms with Crippen molar-refractivity contribution in [1.29, 1.82) is 0 Å². The minimum absolute atomic E-state index is 0.0140. The summed E-state index contributed by atoms with van der Waals surface area (Å²) in [5.41, 5.74) is 1.65. The number of piperidine rings is 1. The fourth-order valence-corrected chi connectivity index (χ4v) is 3.21. The molecule has 1 fully saturated rings. The van der Waals surface area contributed by atoms with Crippen molar-refractivity contribution in [3.05, 3.63) is 34.9 Å². The summed E-state index contributed by atoms with van der Waals surface area (Å²) in [4.78, 5) is 50.1. The maximum Gasteiger partial charge on any atom is 0.255 e. The van der Waals surface area contributed by atoms with E-state index in [0.29, 0.717) is 17.5 Å². The molecule has 7 nitrogen and oxygen atoms in total. The molecule has 1 aromatic rings. The number of imide groups is 1. The highest BCUT2D eigenvalue weighted by molar-refractivity contribution is 6.06. The maximum absolute atomic E-state index is 12.7. The van der Waals surface area contributed by atoms with Crippen LogP contribution in [-0.2, 0) is 16.1 Å². The van der Waals surface area contributed by atoms with E-state index in [2.05, 4.69) is 31.4 Å². The molecule has 0 spiro atoms. The number of benzene rings is 1. The molecular weight excluding hydrogens is 346 g/mol. The van der Waals surface area contributed by atoms with Crippen molar-refractivity contribution >= 4 is 23.6 Å². The molecule has 2 heterocycles. The number of rotatable bonds is 3. The summed E-state index contributed by atoms with van der Waals surface area (Å²) in [7, 11) is 0. The van der Waals surface area contributed by atoms with E-state index in [9.17, 15) is 19.2 Å². The van der Waals surface area contributed by atoms with Crippen LogP contribution in [0.3, 0.4) is 0 Å². The number of carbonyl (C=O) groups is 4. The summed E-state index contributed by atoms with van der Waals surface area (Å²) in [6.07, 6.45) is 0.537. The van der Waals surface area contributed by atoms with Gasteiger partial charge >= 0.3 is 0 Å². The van der Waals surface area contributed by atoms with E-state index in [1.165, 1.54) is 4.90 Å². The minimum Gasteiger partial charge on any atom is -0.349 e. The first kappa shape index (κ1) is 19.1. The average molecular weight is 371 g/mol. The van der Waals surface area contributed by atoms with E-state index in [1.807, 2.05) is 6.92 Å². The predicted octanol–water partition coefficient (Wildman–Crippen LogP) is 1.61. The molecule has 27 heavy (non-hydrogen) atoms. The lowest BCUT2D eigenvalue weighted by atomic mass is 9.88.